The van der Waals surface area contributed by atoms with Crippen molar-refractivity contribution in [1.82, 2.24) is 14.6 Å². The summed E-state index contributed by atoms with van der Waals surface area (Å²) in [5.41, 5.74) is 2.74. The van der Waals surface area contributed by atoms with E-state index in [1.54, 1.807) is 19.5 Å². The molecule has 7 heteroatoms. The second-order valence-electron chi connectivity index (χ2n) is 5.52. The zero-order valence-corrected chi connectivity index (χ0v) is 14.0. The molecule has 0 saturated heterocycles. The summed E-state index contributed by atoms with van der Waals surface area (Å²) < 4.78 is 8.37. The molecule has 0 saturated carbocycles. The van der Waals surface area contributed by atoms with Crippen LogP contribution in [0.1, 0.15) is 12.5 Å². The molecular formula is C18H18N4O3. The highest BCUT2D eigenvalue weighted by molar-refractivity contribution is 5.79. The summed E-state index contributed by atoms with van der Waals surface area (Å²) in [4.78, 5) is 26.9. The van der Waals surface area contributed by atoms with E-state index in [1.807, 2.05) is 47.3 Å². The number of benzene rings is 1. The highest BCUT2D eigenvalue weighted by atomic mass is 16.5. The van der Waals surface area contributed by atoms with Gasteiger partial charge in [0.1, 0.15) is 6.67 Å². The molecule has 0 aliphatic rings. The number of aliphatic imine (C=N–C) groups is 1. The Morgan fingerprint density at radius 2 is 2.00 bits per heavy atom. The van der Waals surface area contributed by atoms with E-state index in [-0.39, 0.29) is 12.6 Å². The lowest BCUT2D eigenvalue weighted by molar-refractivity contribution is -0.119. The van der Waals surface area contributed by atoms with Gasteiger partial charge in [-0.3, -0.25) is 9.79 Å². The largest absolute Gasteiger partial charge is 0.365 e. The zero-order valence-electron chi connectivity index (χ0n) is 14.0. The van der Waals surface area contributed by atoms with Gasteiger partial charge in [0.2, 0.25) is 5.91 Å². The van der Waals surface area contributed by atoms with E-state index in [0.717, 1.165) is 16.8 Å². The Kier molecular flexibility index (Phi) is 4.65. The summed E-state index contributed by atoms with van der Waals surface area (Å²) in [6, 6.07) is 9.53. The van der Waals surface area contributed by atoms with Crippen LogP contribution in [0.25, 0.3) is 16.8 Å². The van der Waals surface area contributed by atoms with Crippen molar-refractivity contribution in [1.29, 1.82) is 0 Å². The third-order valence-corrected chi connectivity index (χ3v) is 3.65. The monoisotopic (exact) mass is 338 g/mol. The summed E-state index contributed by atoms with van der Waals surface area (Å²) in [5.74, 6) is -0.193. The lowest BCUT2D eigenvalue weighted by Crippen LogP contribution is -2.22. The molecule has 0 unspecified atom stereocenters. The maximum Gasteiger partial charge on any atom is 0.365 e. The maximum absolute atomic E-state index is 12.0. The fraction of sp³-hybridized carbons (Fsp3) is 0.167. The van der Waals surface area contributed by atoms with E-state index in [4.69, 9.17) is 4.52 Å². The molecule has 0 radical (unpaired) electrons. The first-order valence-corrected chi connectivity index (χ1v) is 7.73. The molecule has 2 heterocycles. The Labute approximate surface area is 144 Å². The Hall–Kier alpha value is -3.35. The fourth-order valence-corrected chi connectivity index (χ4v) is 2.45. The molecule has 0 aliphatic heterocycles. The smallest absolute Gasteiger partial charge is 0.336 e. The van der Waals surface area contributed by atoms with Gasteiger partial charge in [0.25, 0.3) is 0 Å². The Morgan fingerprint density at radius 3 is 2.68 bits per heavy atom. The van der Waals surface area contributed by atoms with Gasteiger partial charge in [0, 0.05) is 43.8 Å². The van der Waals surface area contributed by atoms with Crippen LogP contribution >= 0.6 is 0 Å². The Morgan fingerprint density at radius 1 is 1.24 bits per heavy atom. The van der Waals surface area contributed by atoms with Gasteiger partial charge in [-0.1, -0.05) is 12.1 Å². The van der Waals surface area contributed by atoms with Crippen molar-refractivity contribution in [2.75, 3.05) is 7.05 Å². The number of nitrogens with one attached hydrogen (secondary N) is 1. The number of aromatic nitrogens is 2. The highest BCUT2D eigenvalue weighted by Crippen LogP contribution is 2.19. The third-order valence-electron chi connectivity index (χ3n) is 3.65. The zero-order chi connectivity index (χ0) is 17.8. The molecule has 1 N–H and O–H groups in total. The predicted octanol–water partition coefficient (Wildman–Crippen LogP) is 2.04. The minimum absolute atomic E-state index is 0.119. The van der Waals surface area contributed by atoms with Gasteiger partial charge in [0.05, 0.1) is 11.8 Å². The average Bonchev–Trinajstić information content (AvgIpc) is 3.20. The van der Waals surface area contributed by atoms with Gasteiger partial charge < -0.3 is 14.4 Å². The van der Waals surface area contributed by atoms with Gasteiger partial charge in [-0.2, -0.15) is 4.74 Å². The summed E-state index contributed by atoms with van der Waals surface area (Å²) >= 11 is 0. The van der Waals surface area contributed by atoms with Crippen LogP contribution in [0.4, 0.5) is 0 Å². The van der Waals surface area contributed by atoms with Crippen molar-refractivity contribution in [3.05, 3.63) is 64.9 Å². The van der Waals surface area contributed by atoms with Crippen LogP contribution in [0.3, 0.4) is 0 Å². The molecule has 3 rings (SSSR count). The van der Waals surface area contributed by atoms with Crippen molar-refractivity contribution in [2.24, 2.45) is 4.99 Å². The molecule has 0 aliphatic carbocycles. The molecule has 25 heavy (non-hydrogen) atoms. The van der Waals surface area contributed by atoms with Crippen LogP contribution in [-0.2, 0) is 11.5 Å². The van der Waals surface area contributed by atoms with Crippen LogP contribution in [0, 0.1) is 0 Å². The van der Waals surface area contributed by atoms with E-state index in [1.165, 1.54) is 11.7 Å². The summed E-state index contributed by atoms with van der Waals surface area (Å²) in [7, 11) is 1.73. The topological polar surface area (TPSA) is 81.5 Å². The van der Waals surface area contributed by atoms with E-state index in [0.29, 0.717) is 5.56 Å². The average molecular weight is 338 g/mol. The van der Waals surface area contributed by atoms with Gasteiger partial charge >= 0.3 is 5.63 Å². The number of rotatable bonds is 5. The first-order chi connectivity index (χ1) is 12.1. The van der Waals surface area contributed by atoms with Crippen LogP contribution in [0.15, 0.2) is 63.2 Å². The van der Waals surface area contributed by atoms with Crippen molar-refractivity contribution < 1.29 is 9.32 Å². The van der Waals surface area contributed by atoms with Crippen LogP contribution in [-0.4, -0.2) is 28.5 Å². The minimum Gasteiger partial charge on any atom is -0.336 e. The van der Waals surface area contributed by atoms with Crippen LogP contribution in [0.5, 0.6) is 0 Å². The summed E-state index contributed by atoms with van der Waals surface area (Å²) in [6.45, 7) is 1.52. The Balaban J connectivity index is 1.82. The molecule has 1 aromatic carbocycles. The van der Waals surface area contributed by atoms with Gasteiger partial charge in [0.15, 0.2) is 0 Å². The number of carbonyl (C=O) groups is 1. The lowest BCUT2D eigenvalue weighted by atomic mass is 10.1. The van der Waals surface area contributed by atoms with Crippen LogP contribution < -0.4 is 10.9 Å². The van der Waals surface area contributed by atoms with Gasteiger partial charge in [-0.15, -0.1) is 0 Å². The minimum atomic E-state index is -0.444. The van der Waals surface area contributed by atoms with Gasteiger partial charge in [-0.05, 0) is 23.8 Å². The number of hydrogen-bond acceptors (Lipinski definition) is 4. The molecular weight excluding hydrogens is 320 g/mol. The molecule has 0 atom stereocenters. The molecule has 7 nitrogen and oxygen atoms in total. The molecule has 1 amide bonds. The van der Waals surface area contributed by atoms with Crippen molar-refractivity contribution >= 4 is 12.1 Å². The SMILES string of the molecule is CN=Cc1ccn(-c2ccc(-c3cn(CNC(C)=O)oc3=O)cc2)c1. The van der Waals surface area contributed by atoms with Crippen molar-refractivity contribution in [3.8, 4) is 16.8 Å². The normalized spacial score (nSPS) is 11.1. The van der Waals surface area contributed by atoms with E-state index in [2.05, 4.69) is 10.3 Å². The first-order valence-electron chi connectivity index (χ1n) is 7.73. The highest BCUT2D eigenvalue weighted by Gasteiger charge is 2.10. The summed E-state index contributed by atoms with van der Waals surface area (Å²) in [6.07, 6.45) is 7.29. The standard InChI is InChI=1S/C18H18N4O3/c1-13(23)20-12-22-11-17(18(24)25-22)15-3-5-16(6-4-15)21-8-7-14(10-21)9-19-2/h3-11H,12H2,1-2H3,(H,20,23). The predicted molar refractivity (Wildman–Crippen MR) is 95.1 cm³/mol. The third kappa shape index (κ3) is 3.77. The summed E-state index contributed by atoms with van der Waals surface area (Å²) in [5, 5.41) is 2.57. The molecule has 0 fully saturated rings. The maximum atomic E-state index is 12.0. The number of carbonyl (C=O) groups excluding carboxylic acids is 1. The van der Waals surface area contributed by atoms with E-state index >= 15 is 0 Å². The van der Waals surface area contributed by atoms with Crippen LogP contribution in [0.2, 0.25) is 0 Å². The van der Waals surface area contributed by atoms with Crippen molar-refractivity contribution in [2.45, 2.75) is 13.6 Å². The van der Waals surface area contributed by atoms with E-state index < -0.39 is 5.63 Å². The molecule has 2 aromatic heterocycles. The number of hydrogen-bond donors (Lipinski definition) is 1. The van der Waals surface area contributed by atoms with Gasteiger partial charge in [-0.25, -0.2) is 4.79 Å². The van der Waals surface area contributed by atoms with E-state index in [9.17, 15) is 9.59 Å². The number of nitrogens with zero attached hydrogens (tertiary/aromatic N) is 3. The quantitative estimate of drug-likeness (QED) is 0.723. The lowest BCUT2D eigenvalue weighted by Gasteiger charge is -2.03. The molecule has 128 valence electrons. The second-order valence-corrected chi connectivity index (χ2v) is 5.52. The Bertz CT molecular complexity index is 961. The molecule has 0 bridgehead atoms. The fourth-order valence-electron chi connectivity index (χ4n) is 2.45. The second kappa shape index (κ2) is 7.04. The van der Waals surface area contributed by atoms with Crippen molar-refractivity contribution in [3.63, 3.8) is 0 Å². The number of amides is 1. The molecule has 0 spiro atoms. The first kappa shape index (κ1) is 16.5. The molecule has 3 aromatic rings.